The van der Waals surface area contributed by atoms with Crippen molar-refractivity contribution in [1.29, 1.82) is 0 Å². The molecule has 0 heterocycles. The van der Waals surface area contributed by atoms with E-state index in [-0.39, 0.29) is 0 Å². The maximum atomic E-state index is 2.51. The van der Waals surface area contributed by atoms with Gasteiger partial charge in [0.25, 0.3) is 0 Å². The monoisotopic (exact) mass is 733 g/mol. The summed E-state index contributed by atoms with van der Waals surface area (Å²) in [6.07, 6.45) is 57.9. The lowest BCUT2D eigenvalue weighted by Gasteiger charge is -2.21. The van der Waals surface area contributed by atoms with Crippen LogP contribution in [0.3, 0.4) is 0 Å². The van der Waals surface area contributed by atoms with Crippen LogP contribution in [0, 0.1) is 94.7 Å². The molecule has 292 valence electrons. The number of benzene rings is 1. The van der Waals surface area contributed by atoms with Crippen LogP contribution < -0.4 is 0 Å². The van der Waals surface area contributed by atoms with Crippen molar-refractivity contribution in [3.8, 4) is 0 Å². The van der Waals surface area contributed by atoms with E-state index in [2.05, 4.69) is 97.2 Å². The molecule has 18 unspecified atom stereocenters. The van der Waals surface area contributed by atoms with Crippen LogP contribution in [-0.2, 0) is 0 Å². The van der Waals surface area contributed by atoms with E-state index in [1.54, 1.807) is 11.1 Å². The van der Waals surface area contributed by atoms with Crippen LogP contribution in [0.2, 0.25) is 0 Å². The van der Waals surface area contributed by atoms with Crippen molar-refractivity contribution < 1.29 is 0 Å². The number of hydrogen-bond donors (Lipinski definition) is 0. The molecule has 0 aliphatic heterocycles. The fraction of sp³-hybridized carbons (Fsp3) is 0.673. The lowest BCUT2D eigenvalue weighted by atomic mass is 9.83. The van der Waals surface area contributed by atoms with E-state index in [1.807, 2.05) is 0 Å². The summed E-state index contributed by atoms with van der Waals surface area (Å²) in [5, 5.41) is 0. The highest BCUT2D eigenvalue weighted by Crippen LogP contribution is 2.52. The minimum atomic E-state index is 0.805. The van der Waals surface area contributed by atoms with E-state index < -0.39 is 0 Å². The van der Waals surface area contributed by atoms with Gasteiger partial charge in [-0.25, -0.2) is 0 Å². The molecule has 18 atom stereocenters. The quantitative estimate of drug-likeness (QED) is 0.157. The van der Waals surface area contributed by atoms with Gasteiger partial charge in [0.2, 0.25) is 0 Å². The number of fused-ring (bicyclic) bond motifs is 12. The topological polar surface area (TPSA) is 0 Å². The van der Waals surface area contributed by atoms with E-state index in [9.17, 15) is 0 Å². The van der Waals surface area contributed by atoms with Crippen molar-refractivity contribution in [1.82, 2.24) is 0 Å². The van der Waals surface area contributed by atoms with Crippen molar-refractivity contribution in [3.05, 3.63) is 108 Å². The first-order chi connectivity index (χ1) is 27.1. The molecule has 1 aromatic carbocycles. The Morgan fingerprint density at radius 1 is 0.273 bits per heavy atom. The Morgan fingerprint density at radius 3 is 0.782 bits per heavy atom. The van der Waals surface area contributed by atoms with E-state index in [1.165, 1.54) is 122 Å². The second-order valence-electron chi connectivity index (χ2n) is 21.8. The largest absolute Gasteiger partial charge is 0.0851 e. The molecule has 6 fully saturated rings. The maximum Gasteiger partial charge on any atom is -0.00932 e. The SMILES string of the molecule is C1=CC2CC1CC2CCCC1CC2C=CC1C2.C1=CC2CC1CC2CCCCC1CC2C=CC1C2.C1=CC2CC1CC2c1ccc(C2CC3C=CC2C3)cc1. The third-order valence-electron chi connectivity index (χ3n) is 18.6. The normalized spacial score (nSPS) is 46.8. The molecule has 0 aromatic heterocycles. The minimum Gasteiger partial charge on any atom is -0.0851 e. The van der Waals surface area contributed by atoms with Crippen LogP contribution in [-0.4, -0.2) is 0 Å². The molecule has 0 amide bonds. The van der Waals surface area contributed by atoms with Gasteiger partial charge in [0.15, 0.2) is 0 Å². The highest BCUT2D eigenvalue weighted by atomic mass is 14.5. The Morgan fingerprint density at radius 2 is 0.545 bits per heavy atom. The number of unbranched alkanes of at least 4 members (excludes halogenated alkanes) is 1. The summed E-state index contributed by atoms with van der Waals surface area (Å²) in [6, 6.07) is 9.74. The van der Waals surface area contributed by atoms with Gasteiger partial charge in [-0.2, -0.15) is 0 Å². The average Bonchev–Trinajstić information content (AvgIpc) is 4.07. The first kappa shape index (κ1) is 35.8. The molecular weight excluding hydrogens is 661 g/mol. The molecular formula is C55H72. The van der Waals surface area contributed by atoms with Crippen LogP contribution in [0.25, 0.3) is 0 Å². The molecule has 0 nitrogen and oxygen atoms in total. The van der Waals surface area contributed by atoms with Crippen molar-refractivity contribution in [2.45, 2.75) is 134 Å². The summed E-state index contributed by atoms with van der Waals surface area (Å²) in [6.45, 7) is 0. The van der Waals surface area contributed by atoms with E-state index >= 15 is 0 Å². The molecule has 12 aliphatic carbocycles. The van der Waals surface area contributed by atoms with Gasteiger partial charge in [0.05, 0.1) is 0 Å². The third kappa shape index (κ3) is 7.46. The Balaban J connectivity index is 0.0000000964. The lowest BCUT2D eigenvalue weighted by molar-refractivity contribution is 0.347. The Bertz CT molecular complexity index is 1560. The van der Waals surface area contributed by atoms with Gasteiger partial charge in [0.1, 0.15) is 0 Å². The smallest absolute Gasteiger partial charge is 0.00932 e. The van der Waals surface area contributed by atoms with Gasteiger partial charge < -0.3 is 0 Å². The van der Waals surface area contributed by atoms with Crippen molar-refractivity contribution in [2.24, 2.45) is 94.7 Å². The summed E-state index contributed by atoms with van der Waals surface area (Å²) >= 11 is 0. The summed E-state index contributed by atoms with van der Waals surface area (Å²) in [5.41, 5.74) is 3.17. The predicted octanol–water partition coefficient (Wildman–Crippen LogP) is 14.6. The van der Waals surface area contributed by atoms with Crippen LogP contribution in [0.4, 0.5) is 0 Å². The Hall–Kier alpha value is -2.34. The molecule has 12 bridgehead atoms. The van der Waals surface area contributed by atoms with Crippen LogP contribution in [0.5, 0.6) is 0 Å². The summed E-state index contributed by atoms with van der Waals surface area (Å²) in [7, 11) is 0. The first-order valence-corrected chi connectivity index (χ1v) is 24.3. The number of rotatable bonds is 11. The van der Waals surface area contributed by atoms with E-state index in [4.69, 9.17) is 0 Å². The highest BCUT2D eigenvalue weighted by Gasteiger charge is 2.40. The average molecular weight is 733 g/mol. The van der Waals surface area contributed by atoms with E-state index in [0.717, 1.165) is 107 Å². The Labute approximate surface area is 335 Å². The molecule has 0 heteroatoms. The molecule has 0 radical (unpaired) electrons. The summed E-state index contributed by atoms with van der Waals surface area (Å²) < 4.78 is 0. The first-order valence-electron chi connectivity index (χ1n) is 24.3. The maximum absolute atomic E-state index is 2.51. The molecule has 6 saturated carbocycles. The van der Waals surface area contributed by atoms with Gasteiger partial charge in [-0.15, -0.1) is 0 Å². The molecule has 0 spiro atoms. The second-order valence-corrected chi connectivity index (χ2v) is 21.8. The zero-order chi connectivity index (χ0) is 36.3. The van der Waals surface area contributed by atoms with Crippen LogP contribution >= 0.6 is 0 Å². The van der Waals surface area contributed by atoms with Gasteiger partial charge in [-0.1, -0.05) is 116 Å². The number of allylic oxidation sites excluding steroid dienone is 12. The van der Waals surface area contributed by atoms with Crippen molar-refractivity contribution in [3.63, 3.8) is 0 Å². The van der Waals surface area contributed by atoms with Crippen molar-refractivity contribution >= 4 is 0 Å². The summed E-state index contributed by atoms with van der Waals surface area (Å²) in [5.74, 6) is 17.0. The zero-order valence-electron chi connectivity index (χ0n) is 34.1. The Kier molecular flexibility index (Phi) is 10.0. The molecule has 13 rings (SSSR count). The van der Waals surface area contributed by atoms with Gasteiger partial charge in [0, 0.05) is 0 Å². The lowest BCUT2D eigenvalue weighted by Crippen LogP contribution is -2.10. The highest BCUT2D eigenvalue weighted by molar-refractivity contribution is 5.34. The predicted molar refractivity (Wildman–Crippen MR) is 230 cm³/mol. The van der Waals surface area contributed by atoms with Crippen LogP contribution in [0.1, 0.15) is 145 Å². The van der Waals surface area contributed by atoms with Gasteiger partial charge >= 0.3 is 0 Å². The third-order valence-corrected chi connectivity index (χ3v) is 18.6. The molecule has 0 N–H and O–H groups in total. The fourth-order valence-electron chi connectivity index (χ4n) is 15.7. The standard InChI is InChI=1S/C20H22.C18H26.C17H24/c1-3-17-9-13(1)11-19(17)15-5-7-16(8-6-15)20-12-14-2-4-18(20)10-14;1(3-15-9-13-5-7-17(15)11-13)2-4-16-10-14-6-8-18(16)12-14;1(2-14-8-12-4-6-16(14)10-12)3-15-9-13-5-7-17(15)11-13/h1-8,13-14,17-20H,9-12H2;5-8,13-18H,1-4,9-12H2;4-7,12-17H,1-3,8-11H2. The second kappa shape index (κ2) is 15.4. The molecule has 12 aliphatic rings. The summed E-state index contributed by atoms with van der Waals surface area (Å²) in [4.78, 5) is 0. The molecule has 55 heavy (non-hydrogen) atoms. The minimum absolute atomic E-state index is 0.805. The molecule has 1 aromatic rings. The van der Waals surface area contributed by atoms with E-state index in [0.29, 0.717) is 0 Å². The van der Waals surface area contributed by atoms with Gasteiger partial charge in [-0.05, 0) is 220 Å². The number of hydrogen-bond acceptors (Lipinski definition) is 0. The van der Waals surface area contributed by atoms with Crippen molar-refractivity contribution in [2.75, 3.05) is 0 Å². The van der Waals surface area contributed by atoms with Crippen LogP contribution in [0.15, 0.2) is 97.2 Å². The fourth-order valence-corrected chi connectivity index (χ4v) is 15.7. The molecule has 0 saturated heterocycles. The van der Waals surface area contributed by atoms with Gasteiger partial charge in [-0.3, -0.25) is 0 Å². The zero-order valence-corrected chi connectivity index (χ0v) is 34.1.